The Labute approximate surface area is 123 Å². The fourth-order valence-corrected chi connectivity index (χ4v) is 5.15. The lowest BCUT2D eigenvalue weighted by Gasteiger charge is -2.23. The van der Waals surface area contributed by atoms with Crippen LogP contribution in [0.5, 0.6) is 0 Å². The van der Waals surface area contributed by atoms with Gasteiger partial charge in [0.15, 0.2) is 0 Å². The van der Waals surface area contributed by atoms with Gasteiger partial charge in [-0.1, -0.05) is 13.8 Å². The lowest BCUT2D eigenvalue weighted by Crippen LogP contribution is -2.33. The normalized spacial score (nSPS) is 20.5. The zero-order valence-electron chi connectivity index (χ0n) is 11.6. The van der Waals surface area contributed by atoms with Gasteiger partial charge < -0.3 is 5.11 Å². The Morgan fingerprint density at radius 1 is 1.35 bits per heavy atom. The Kier molecular flexibility index (Phi) is 4.22. The van der Waals surface area contributed by atoms with Gasteiger partial charge in [0.25, 0.3) is 0 Å². The van der Waals surface area contributed by atoms with Crippen LogP contribution >= 0.6 is 11.3 Å². The molecule has 0 amide bonds. The first kappa shape index (κ1) is 15.5. The molecule has 0 spiro atoms. The molecule has 1 saturated heterocycles. The standard InChI is InChI=1S/C13H19NO4S2/c1-13(2)5-3-7-14(8-6-13)20(17,18)10-4-9-19-11(10)12(15)16/h4,9H,3,5-8H2,1-2H3,(H,15,16). The van der Waals surface area contributed by atoms with E-state index in [-0.39, 0.29) is 15.2 Å². The molecule has 0 saturated carbocycles. The van der Waals surface area contributed by atoms with Crippen molar-refractivity contribution in [1.82, 2.24) is 4.31 Å². The predicted octanol–water partition coefficient (Wildman–Crippen LogP) is 2.65. The van der Waals surface area contributed by atoms with E-state index in [1.54, 1.807) is 0 Å². The number of hydrogen-bond donors (Lipinski definition) is 1. The number of thiophene rings is 1. The molecule has 0 bridgehead atoms. The van der Waals surface area contributed by atoms with Crippen molar-refractivity contribution in [2.75, 3.05) is 13.1 Å². The lowest BCUT2D eigenvalue weighted by atomic mass is 9.85. The maximum atomic E-state index is 12.6. The van der Waals surface area contributed by atoms with Crippen LogP contribution in [0.4, 0.5) is 0 Å². The summed E-state index contributed by atoms with van der Waals surface area (Å²) in [6, 6.07) is 1.39. The van der Waals surface area contributed by atoms with Crippen LogP contribution in [0.25, 0.3) is 0 Å². The van der Waals surface area contributed by atoms with E-state index in [0.717, 1.165) is 30.6 Å². The monoisotopic (exact) mass is 317 g/mol. The second kappa shape index (κ2) is 5.46. The van der Waals surface area contributed by atoms with Crippen molar-refractivity contribution in [3.05, 3.63) is 16.3 Å². The smallest absolute Gasteiger partial charge is 0.347 e. The van der Waals surface area contributed by atoms with Crippen molar-refractivity contribution in [3.8, 4) is 0 Å². The first-order valence-corrected chi connectivity index (χ1v) is 8.87. The van der Waals surface area contributed by atoms with Gasteiger partial charge in [0.05, 0.1) is 0 Å². The molecule has 2 heterocycles. The van der Waals surface area contributed by atoms with E-state index in [2.05, 4.69) is 13.8 Å². The molecule has 0 aliphatic carbocycles. The summed E-state index contributed by atoms with van der Waals surface area (Å²) in [5.41, 5.74) is 0.133. The van der Waals surface area contributed by atoms with Crippen LogP contribution < -0.4 is 0 Å². The lowest BCUT2D eigenvalue weighted by molar-refractivity contribution is 0.0698. The predicted molar refractivity (Wildman–Crippen MR) is 77.7 cm³/mol. The molecule has 0 atom stereocenters. The van der Waals surface area contributed by atoms with Crippen molar-refractivity contribution < 1.29 is 18.3 Å². The topological polar surface area (TPSA) is 74.7 Å². The fraction of sp³-hybridized carbons (Fsp3) is 0.615. The Morgan fingerprint density at radius 3 is 2.70 bits per heavy atom. The van der Waals surface area contributed by atoms with Gasteiger partial charge in [0.2, 0.25) is 10.0 Å². The fourth-order valence-electron chi connectivity index (χ4n) is 2.43. The maximum Gasteiger partial charge on any atom is 0.347 e. The average molecular weight is 317 g/mol. The average Bonchev–Trinajstić information content (AvgIpc) is 2.76. The largest absolute Gasteiger partial charge is 0.477 e. The Morgan fingerprint density at radius 2 is 2.05 bits per heavy atom. The van der Waals surface area contributed by atoms with Crippen LogP contribution in [0.3, 0.4) is 0 Å². The molecule has 5 nitrogen and oxygen atoms in total. The summed E-state index contributed by atoms with van der Waals surface area (Å²) in [5, 5.41) is 10.6. The highest BCUT2D eigenvalue weighted by atomic mass is 32.2. The van der Waals surface area contributed by atoms with Crippen molar-refractivity contribution in [3.63, 3.8) is 0 Å². The van der Waals surface area contributed by atoms with Crippen molar-refractivity contribution in [2.24, 2.45) is 5.41 Å². The van der Waals surface area contributed by atoms with E-state index in [1.165, 1.54) is 15.8 Å². The molecule has 0 unspecified atom stereocenters. The van der Waals surface area contributed by atoms with Crippen LogP contribution in [0.15, 0.2) is 16.3 Å². The van der Waals surface area contributed by atoms with Crippen LogP contribution in [0.1, 0.15) is 42.8 Å². The highest BCUT2D eigenvalue weighted by molar-refractivity contribution is 7.89. The zero-order valence-corrected chi connectivity index (χ0v) is 13.3. The molecule has 0 aromatic carbocycles. The summed E-state index contributed by atoms with van der Waals surface area (Å²) in [7, 11) is -3.70. The third-order valence-corrected chi connectivity index (χ3v) is 6.71. The summed E-state index contributed by atoms with van der Waals surface area (Å²) in [4.78, 5) is 10.9. The SMILES string of the molecule is CC1(C)CCCN(S(=O)(=O)c2ccsc2C(=O)O)CC1. The quantitative estimate of drug-likeness (QED) is 0.930. The summed E-state index contributed by atoms with van der Waals surface area (Å²) < 4.78 is 26.6. The van der Waals surface area contributed by atoms with E-state index in [9.17, 15) is 13.2 Å². The van der Waals surface area contributed by atoms with E-state index in [1.807, 2.05) is 0 Å². The number of rotatable bonds is 3. The summed E-state index contributed by atoms with van der Waals surface area (Å²) in [6.45, 7) is 5.18. The Bertz CT molecular complexity index is 604. The van der Waals surface area contributed by atoms with Crippen molar-refractivity contribution in [1.29, 1.82) is 0 Å². The number of hydrogen-bond acceptors (Lipinski definition) is 4. The van der Waals surface area contributed by atoms with E-state index in [4.69, 9.17) is 5.11 Å². The second-order valence-corrected chi connectivity index (χ2v) is 8.66. The molecule has 1 N–H and O–H groups in total. The van der Waals surface area contributed by atoms with Gasteiger partial charge in [-0.2, -0.15) is 4.31 Å². The molecule has 1 fully saturated rings. The van der Waals surface area contributed by atoms with Gasteiger partial charge in [0.1, 0.15) is 9.77 Å². The van der Waals surface area contributed by atoms with Gasteiger partial charge in [-0.3, -0.25) is 0 Å². The number of carboxylic acids is 1. The third-order valence-electron chi connectivity index (χ3n) is 3.74. The highest BCUT2D eigenvalue weighted by Gasteiger charge is 2.33. The highest BCUT2D eigenvalue weighted by Crippen LogP contribution is 2.33. The van der Waals surface area contributed by atoms with Crippen LogP contribution in [0.2, 0.25) is 0 Å². The van der Waals surface area contributed by atoms with Crippen molar-refractivity contribution in [2.45, 2.75) is 38.0 Å². The summed E-state index contributed by atoms with van der Waals surface area (Å²) in [6.07, 6.45) is 2.58. The summed E-state index contributed by atoms with van der Waals surface area (Å²) in [5.74, 6) is -1.19. The number of sulfonamides is 1. The molecular formula is C13H19NO4S2. The van der Waals surface area contributed by atoms with Gasteiger partial charge >= 0.3 is 5.97 Å². The van der Waals surface area contributed by atoms with Gasteiger partial charge in [-0.15, -0.1) is 11.3 Å². The number of carbonyl (C=O) groups is 1. The molecule has 1 aromatic heterocycles. The van der Waals surface area contributed by atoms with Gasteiger partial charge in [-0.25, -0.2) is 13.2 Å². The maximum absolute atomic E-state index is 12.6. The molecule has 1 aliphatic heterocycles. The van der Waals surface area contributed by atoms with E-state index >= 15 is 0 Å². The van der Waals surface area contributed by atoms with Crippen LogP contribution in [0, 0.1) is 5.41 Å². The van der Waals surface area contributed by atoms with E-state index in [0.29, 0.717) is 13.1 Å². The Balaban J connectivity index is 2.31. The minimum absolute atomic E-state index is 0.0743. The number of aromatic carboxylic acids is 1. The molecule has 112 valence electrons. The first-order valence-electron chi connectivity index (χ1n) is 6.55. The van der Waals surface area contributed by atoms with Crippen LogP contribution in [-0.2, 0) is 10.0 Å². The van der Waals surface area contributed by atoms with E-state index < -0.39 is 16.0 Å². The molecular weight excluding hydrogens is 298 g/mol. The van der Waals surface area contributed by atoms with Gasteiger partial charge in [-0.05, 0) is 36.1 Å². The molecule has 0 radical (unpaired) electrons. The first-order chi connectivity index (χ1) is 9.24. The van der Waals surface area contributed by atoms with Crippen LogP contribution in [-0.4, -0.2) is 36.9 Å². The zero-order chi connectivity index (χ0) is 15.0. The minimum atomic E-state index is -3.70. The second-order valence-electron chi connectivity index (χ2n) is 5.84. The third kappa shape index (κ3) is 3.05. The minimum Gasteiger partial charge on any atom is -0.477 e. The summed E-state index contributed by atoms with van der Waals surface area (Å²) >= 11 is 0.948. The molecule has 7 heteroatoms. The number of nitrogens with zero attached hydrogens (tertiary/aromatic N) is 1. The molecule has 2 rings (SSSR count). The molecule has 1 aliphatic rings. The molecule has 1 aromatic rings. The van der Waals surface area contributed by atoms with Crippen molar-refractivity contribution >= 4 is 27.3 Å². The molecule has 20 heavy (non-hydrogen) atoms. The van der Waals surface area contributed by atoms with Gasteiger partial charge in [0, 0.05) is 13.1 Å². The Hall–Kier alpha value is -0.920. The number of carboxylic acid groups (broad SMARTS) is 1.